The lowest BCUT2D eigenvalue weighted by Gasteiger charge is -2.42. The first kappa shape index (κ1) is 16.8. The van der Waals surface area contributed by atoms with Crippen molar-refractivity contribution in [2.24, 2.45) is 0 Å². The van der Waals surface area contributed by atoms with Crippen LogP contribution < -0.4 is 10.1 Å². The number of methoxy groups -OCH3 is 1. The second kappa shape index (κ2) is 6.80. The van der Waals surface area contributed by atoms with Gasteiger partial charge in [-0.15, -0.1) is 0 Å². The Morgan fingerprint density at radius 1 is 1.38 bits per heavy atom. The fourth-order valence-corrected chi connectivity index (χ4v) is 3.49. The van der Waals surface area contributed by atoms with Gasteiger partial charge in [0, 0.05) is 19.5 Å². The van der Waals surface area contributed by atoms with Crippen LogP contribution in [0.4, 0.5) is 4.79 Å². The van der Waals surface area contributed by atoms with Crippen molar-refractivity contribution in [3.05, 3.63) is 28.2 Å². The summed E-state index contributed by atoms with van der Waals surface area (Å²) in [5, 5.41) is 2.49. The van der Waals surface area contributed by atoms with Crippen molar-refractivity contribution in [3.63, 3.8) is 0 Å². The number of nitrogens with zero attached hydrogens (tertiary/aromatic N) is 2. The molecule has 1 N–H and O–H groups in total. The Morgan fingerprint density at radius 2 is 2.12 bits per heavy atom. The van der Waals surface area contributed by atoms with E-state index in [9.17, 15) is 14.4 Å². The lowest BCUT2D eigenvalue weighted by atomic mass is 10.0. The monoisotopic (exact) mass is 395 g/mol. The summed E-state index contributed by atoms with van der Waals surface area (Å²) in [6.07, 6.45) is 1.03. The van der Waals surface area contributed by atoms with Crippen LogP contribution in [-0.2, 0) is 16.0 Å². The van der Waals surface area contributed by atoms with Crippen LogP contribution in [0.25, 0.3) is 0 Å². The summed E-state index contributed by atoms with van der Waals surface area (Å²) in [6, 6.07) is 5.18. The number of likely N-dealkylation sites (tertiary alicyclic amines) is 1. The minimum atomic E-state index is -0.361. The van der Waals surface area contributed by atoms with Crippen LogP contribution >= 0.6 is 15.9 Å². The molecule has 2 fully saturated rings. The number of nitrogens with one attached hydrogen (secondary N) is 1. The van der Waals surface area contributed by atoms with E-state index in [-0.39, 0.29) is 30.4 Å². The molecule has 3 rings (SSSR count). The zero-order valence-electron chi connectivity index (χ0n) is 13.3. The average Bonchev–Trinajstić information content (AvgIpc) is 2.84. The molecule has 1 aromatic rings. The van der Waals surface area contributed by atoms with Crippen LogP contribution in [0.5, 0.6) is 5.75 Å². The predicted octanol–water partition coefficient (Wildman–Crippen LogP) is 1.15. The lowest BCUT2D eigenvalue weighted by Crippen LogP contribution is -2.62. The number of amides is 4. The molecule has 2 saturated heterocycles. The van der Waals surface area contributed by atoms with E-state index in [1.807, 2.05) is 18.2 Å². The highest BCUT2D eigenvalue weighted by molar-refractivity contribution is 9.10. The molecule has 0 atom stereocenters. The molecule has 2 aliphatic rings. The number of halogens is 1. The SMILES string of the molecule is COc1ccc(CCC(=O)N2CC(N3C(=O)CNC3=O)C2)cc1Br. The number of benzene rings is 1. The number of imide groups is 1. The van der Waals surface area contributed by atoms with E-state index >= 15 is 0 Å². The highest BCUT2D eigenvalue weighted by atomic mass is 79.9. The molecule has 128 valence electrons. The van der Waals surface area contributed by atoms with E-state index in [4.69, 9.17) is 4.74 Å². The lowest BCUT2D eigenvalue weighted by molar-refractivity contribution is -0.142. The quantitative estimate of drug-likeness (QED) is 0.758. The third kappa shape index (κ3) is 3.24. The molecule has 1 aromatic carbocycles. The van der Waals surface area contributed by atoms with Gasteiger partial charge in [-0.1, -0.05) is 6.07 Å². The Hall–Kier alpha value is -2.09. The molecule has 0 saturated carbocycles. The Bertz CT molecular complexity index is 672. The van der Waals surface area contributed by atoms with E-state index < -0.39 is 0 Å². The molecule has 0 spiro atoms. The smallest absolute Gasteiger partial charge is 0.324 e. The summed E-state index contributed by atoms with van der Waals surface area (Å²) >= 11 is 3.43. The zero-order valence-corrected chi connectivity index (χ0v) is 14.8. The molecular formula is C16H18BrN3O4. The maximum atomic E-state index is 12.2. The van der Waals surface area contributed by atoms with Gasteiger partial charge in [0.25, 0.3) is 0 Å². The molecule has 0 aliphatic carbocycles. The standard InChI is InChI=1S/C16H18BrN3O4/c1-24-13-4-2-10(6-12(13)17)3-5-14(21)19-8-11(9-19)20-15(22)7-18-16(20)23/h2,4,6,11H,3,5,7-9H2,1H3,(H,18,23). The molecule has 0 unspecified atom stereocenters. The van der Waals surface area contributed by atoms with Crippen molar-refractivity contribution in [2.75, 3.05) is 26.7 Å². The van der Waals surface area contributed by atoms with Crippen LogP contribution in [0.15, 0.2) is 22.7 Å². The van der Waals surface area contributed by atoms with Crippen molar-refractivity contribution in [1.29, 1.82) is 0 Å². The van der Waals surface area contributed by atoms with E-state index in [1.165, 1.54) is 4.90 Å². The Balaban J connectivity index is 1.48. The van der Waals surface area contributed by atoms with Crippen LogP contribution in [0.1, 0.15) is 12.0 Å². The number of rotatable bonds is 5. The number of hydrogen-bond donors (Lipinski definition) is 1. The van der Waals surface area contributed by atoms with Crippen molar-refractivity contribution < 1.29 is 19.1 Å². The van der Waals surface area contributed by atoms with Crippen LogP contribution in [0.3, 0.4) is 0 Å². The van der Waals surface area contributed by atoms with Gasteiger partial charge in [-0.05, 0) is 40.0 Å². The number of carbonyl (C=O) groups is 3. The molecule has 8 heteroatoms. The van der Waals surface area contributed by atoms with Gasteiger partial charge in [-0.2, -0.15) is 0 Å². The van der Waals surface area contributed by atoms with Crippen molar-refractivity contribution in [1.82, 2.24) is 15.1 Å². The molecular weight excluding hydrogens is 378 g/mol. The van der Waals surface area contributed by atoms with Gasteiger partial charge < -0.3 is 15.0 Å². The van der Waals surface area contributed by atoms with Crippen molar-refractivity contribution in [3.8, 4) is 5.75 Å². The summed E-state index contributed by atoms with van der Waals surface area (Å²) in [6.45, 7) is 0.893. The largest absolute Gasteiger partial charge is 0.496 e. The molecule has 7 nitrogen and oxygen atoms in total. The summed E-state index contributed by atoms with van der Waals surface area (Å²) in [5.41, 5.74) is 1.04. The molecule has 24 heavy (non-hydrogen) atoms. The van der Waals surface area contributed by atoms with E-state index in [0.717, 1.165) is 15.8 Å². The van der Waals surface area contributed by atoms with Gasteiger partial charge in [-0.25, -0.2) is 4.79 Å². The first-order chi connectivity index (χ1) is 11.5. The van der Waals surface area contributed by atoms with Gasteiger partial charge in [0.05, 0.1) is 24.2 Å². The third-order valence-corrected chi connectivity index (χ3v) is 4.92. The highest BCUT2D eigenvalue weighted by Crippen LogP contribution is 2.26. The number of aryl methyl sites for hydroxylation is 1. The maximum Gasteiger partial charge on any atom is 0.324 e. The van der Waals surface area contributed by atoms with Gasteiger partial charge >= 0.3 is 6.03 Å². The predicted molar refractivity (Wildman–Crippen MR) is 89.6 cm³/mol. The van der Waals surface area contributed by atoms with Gasteiger partial charge in [0.2, 0.25) is 11.8 Å². The topological polar surface area (TPSA) is 79.0 Å². The zero-order chi connectivity index (χ0) is 17.3. The van der Waals surface area contributed by atoms with Crippen LogP contribution in [-0.4, -0.2) is 60.4 Å². The number of carbonyl (C=O) groups excluding carboxylic acids is 3. The molecule has 2 aliphatic heterocycles. The number of hydrogen-bond acceptors (Lipinski definition) is 4. The van der Waals surface area contributed by atoms with E-state index in [2.05, 4.69) is 21.2 Å². The number of ether oxygens (including phenoxy) is 1. The second-order valence-corrected chi connectivity index (χ2v) is 6.70. The van der Waals surface area contributed by atoms with Crippen molar-refractivity contribution in [2.45, 2.75) is 18.9 Å². The summed E-state index contributed by atoms with van der Waals surface area (Å²) in [5.74, 6) is 0.564. The second-order valence-electron chi connectivity index (χ2n) is 5.84. The third-order valence-electron chi connectivity index (χ3n) is 4.30. The van der Waals surface area contributed by atoms with E-state index in [0.29, 0.717) is 25.9 Å². The minimum Gasteiger partial charge on any atom is -0.496 e. The molecule has 4 amide bonds. The van der Waals surface area contributed by atoms with E-state index in [1.54, 1.807) is 12.0 Å². The van der Waals surface area contributed by atoms with Crippen LogP contribution in [0.2, 0.25) is 0 Å². The molecule has 0 aromatic heterocycles. The summed E-state index contributed by atoms with van der Waals surface area (Å²) in [4.78, 5) is 38.3. The summed E-state index contributed by atoms with van der Waals surface area (Å²) in [7, 11) is 1.61. The van der Waals surface area contributed by atoms with Crippen LogP contribution in [0, 0.1) is 0 Å². The summed E-state index contributed by atoms with van der Waals surface area (Å²) < 4.78 is 6.04. The maximum absolute atomic E-state index is 12.2. The Morgan fingerprint density at radius 3 is 2.71 bits per heavy atom. The molecule has 0 radical (unpaired) electrons. The first-order valence-electron chi connectivity index (χ1n) is 7.69. The van der Waals surface area contributed by atoms with Gasteiger partial charge in [-0.3, -0.25) is 14.5 Å². The van der Waals surface area contributed by atoms with Gasteiger partial charge in [0.15, 0.2) is 0 Å². The van der Waals surface area contributed by atoms with Crippen molar-refractivity contribution >= 4 is 33.8 Å². The highest BCUT2D eigenvalue weighted by Gasteiger charge is 2.42. The first-order valence-corrected chi connectivity index (χ1v) is 8.49. The normalized spacial score (nSPS) is 17.8. The van der Waals surface area contributed by atoms with Gasteiger partial charge in [0.1, 0.15) is 5.75 Å². The number of urea groups is 1. The Kier molecular flexibility index (Phi) is 4.75. The fraction of sp³-hybridized carbons (Fsp3) is 0.438. The molecule has 0 bridgehead atoms. The fourth-order valence-electron chi connectivity index (χ4n) is 2.90. The minimum absolute atomic E-state index is 0.0326. The average molecular weight is 396 g/mol. The Labute approximate surface area is 148 Å². The molecule has 2 heterocycles.